The lowest BCUT2D eigenvalue weighted by atomic mass is 10.3. The number of rotatable bonds is 5. The Bertz CT molecular complexity index is 146. The van der Waals surface area contributed by atoms with Crippen molar-refractivity contribution in [1.82, 2.24) is 0 Å². The molecule has 0 amide bonds. The quantitative estimate of drug-likeness (QED) is 0.450. The normalized spacial score (nSPS) is 9.27. The summed E-state index contributed by atoms with van der Waals surface area (Å²) in [4.78, 5) is 20.8. The van der Waals surface area contributed by atoms with Crippen molar-refractivity contribution in [2.24, 2.45) is 0 Å². The van der Waals surface area contributed by atoms with E-state index in [0.717, 1.165) is 0 Å². The van der Waals surface area contributed by atoms with Crippen molar-refractivity contribution in [1.29, 1.82) is 0 Å². The third-order valence-electron chi connectivity index (χ3n) is 0.897. The maximum Gasteiger partial charge on any atom is 0.306 e. The maximum absolute atomic E-state index is 10.6. The van der Waals surface area contributed by atoms with E-state index in [0.29, 0.717) is 0 Å². The third-order valence-corrected chi connectivity index (χ3v) is 1.12. The van der Waals surface area contributed by atoms with E-state index < -0.39 is 5.97 Å². The predicted octanol–water partition coefficient (Wildman–Crippen LogP) is -0.241. The van der Waals surface area contributed by atoms with Crippen LogP contribution in [0.1, 0.15) is 12.8 Å². The van der Waals surface area contributed by atoms with Crippen molar-refractivity contribution in [3.05, 3.63) is 0 Å². The Kier molecular flexibility index (Phi) is 5.87. The summed E-state index contributed by atoms with van der Waals surface area (Å²) in [6.45, 7) is -0.208. The Balaban J connectivity index is 3.30. The first-order valence-corrected chi connectivity index (χ1v) is 3.60. The molecule has 0 aliphatic heterocycles. The predicted molar refractivity (Wildman–Crippen MR) is 41.3 cm³/mol. The van der Waals surface area contributed by atoms with Crippen molar-refractivity contribution >= 4 is 23.7 Å². The fraction of sp³-hybridized carbons (Fsp3) is 0.667. The fourth-order valence-corrected chi connectivity index (χ4v) is 0.552. The van der Waals surface area contributed by atoms with E-state index in [-0.39, 0.29) is 31.2 Å². The van der Waals surface area contributed by atoms with E-state index in [1.807, 2.05) is 0 Å². The highest BCUT2D eigenvalue weighted by Crippen LogP contribution is 1.95. The smallest absolute Gasteiger partial charge is 0.306 e. The molecule has 0 atom stereocenters. The zero-order valence-electron chi connectivity index (χ0n) is 5.95. The first kappa shape index (κ1) is 10.4. The standard InChI is InChI=1S/C6H10O4S/c7-3-4-10-5(8)1-2-6(9)11/h7H,1-4H2,(H,9,11). The maximum atomic E-state index is 10.6. The van der Waals surface area contributed by atoms with Crippen LogP contribution in [0.15, 0.2) is 0 Å². The largest absolute Gasteiger partial charge is 0.463 e. The highest BCUT2D eigenvalue weighted by molar-refractivity contribution is 7.96. The number of esters is 1. The number of carbonyl (C=O) groups is 2. The van der Waals surface area contributed by atoms with Gasteiger partial charge in [0.2, 0.25) is 0 Å². The summed E-state index contributed by atoms with van der Waals surface area (Å²) in [6, 6.07) is 0. The molecule has 0 aromatic heterocycles. The fourth-order valence-electron chi connectivity index (χ4n) is 0.441. The average molecular weight is 178 g/mol. The molecule has 64 valence electrons. The monoisotopic (exact) mass is 178 g/mol. The van der Waals surface area contributed by atoms with Crippen LogP contribution in [0.4, 0.5) is 0 Å². The molecule has 0 fully saturated rings. The van der Waals surface area contributed by atoms with Gasteiger partial charge in [0.1, 0.15) is 6.61 Å². The second-order valence-corrected chi connectivity index (χ2v) is 2.34. The van der Waals surface area contributed by atoms with Crippen LogP contribution in [0.25, 0.3) is 0 Å². The number of thiol groups is 1. The van der Waals surface area contributed by atoms with Crippen LogP contribution < -0.4 is 0 Å². The van der Waals surface area contributed by atoms with Gasteiger partial charge in [0.05, 0.1) is 13.0 Å². The number of aliphatic hydroxyl groups excluding tert-OH is 1. The molecule has 1 N–H and O–H groups in total. The van der Waals surface area contributed by atoms with Gasteiger partial charge in [-0.15, -0.1) is 12.6 Å². The van der Waals surface area contributed by atoms with Crippen LogP contribution in [0.2, 0.25) is 0 Å². The highest BCUT2D eigenvalue weighted by atomic mass is 32.1. The van der Waals surface area contributed by atoms with E-state index >= 15 is 0 Å². The van der Waals surface area contributed by atoms with Crippen molar-refractivity contribution < 1.29 is 19.4 Å². The molecule has 0 rings (SSSR count). The van der Waals surface area contributed by atoms with Crippen molar-refractivity contribution in [2.45, 2.75) is 12.8 Å². The Morgan fingerprint density at radius 2 is 2.00 bits per heavy atom. The van der Waals surface area contributed by atoms with Gasteiger partial charge in [0.15, 0.2) is 5.12 Å². The highest BCUT2D eigenvalue weighted by Gasteiger charge is 2.03. The summed E-state index contributed by atoms with van der Waals surface area (Å²) in [5.74, 6) is -0.485. The summed E-state index contributed by atoms with van der Waals surface area (Å²) in [6.07, 6.45) is 0.107. The lowest BCUT2D eigenvalue weighted by Crippen LogP contribution is -2.08. The van der Waals surface area contributed by atoms with Crippen molar-refractivity contribution in [2.75, 3.05) is 13.2 Å². The molecule has 0 spiro atoms. The SMILES string of the molecule is O=C(S)CCC(=O)OCCO. The summed E-state index contributed by atoms with van der Waals surface area (Å²) in [5.41, 5.74) is 0. The zero-order chi connectivity index (χ0) is 8.69. The molecule has 0 aliphatic rings. The van der Waals surface area contributed by atoms with E-state index in [1.165, 1.54) is 0 Å². The van der Waals surface area contributed by atoms with Gasteiger partial charge < -0.3 is 9.84 Å². The first-order valence-electron chi connectivity index (χ1n) is 3.15. The van der Waals surface area contributed by atoms with E-state index in [9.17, 15) is 9.59 Å². The van der Waals surface area contributed by atoms with E-state index in [1.54, 1.807) is 0 Å². The molecule has 5 heteroatoms. The molecule has 0 saturated carbocycles. The summed E-state index contributed by atoms with van der Waals surface area (Å²) in [5, 5.41) is 7.89. The van der Waals surface area contributed by atoms with Gasteiger partial charge in [-0.3, -0.25) is 9.59 Å². The average Bonchev–Trinajstić information content (AvgIpc) is 1.97. The molecule has 0 aliphatic carbocycles. The number of hydrogen-bond donors (Lipinski definition) is 2. The summed E-state index contributed by atoms with van der Waals surface area (Å²) in [7, 11) is 0. The molecule has 0 radical (unpaired) electrons. The van der Waals surface area contributed by atoms with Crippen LogP contribution in [-0.4, -0.2) is 29.4 Å². The number of hydrogen-bond acceptors (Lipinski definition) is 4. The Hall–Kier alpha value is -0.550. The lowest BCUT2D eigenvalue weighted by molar-refractivity contribution is -0.145. The third kappa shape index (κ3) is 7.35. The Morgan fingerprint density at radius 3 is 2.45 bits per heavy atom. The zero-order valence-corrected chi connectivity index (χ0v) is 6.84. The van der Waals surface area contributed by atoms with Crippen LogP contribution in [-0.2, 0) is 14.3 Å². The Labute approximate surface area is 69.9 Å². The van der Waals surface area contributed by atoms with Gasteiger partial charge in [-0.1, -0.05) is 0 Å². The lowest BCUT2D eigenvalue weighted by Gasteiger charge is -1.99. The van der Waals surface area contributed by atoms with Crippen LogP contribution >= 0.6 is 12.6 Å². The van der Waals surface area contributed by atoms with Gasteiger partial charge >= 0.3 is 5.97 Å². The molecular weight excluding hydrogens is 168 g/mol. The van der Waals surface area contributed by atoms with Crippen molar-refractivity contribution in [3.8, 4) is 0 Å². The first-order chi connectivity index (χ1) is 5.16. The molecule has 0 aromatic carbocycles. The van der Waals surface area contributed by atoms with Crippen molar-refractivity contribution in [3.63, 3.8) is 0 Å². The second-order valence-electron chi connectivity index (χ2n) is 1.84. The molecule has 11 heavy (non-hydrogen) atoms. The second kappa shape index (κ2) is 6.18. The van der Waals surface area contributed by atoms with Gasteiger partial charge in [-0.2, -0.15) is 0 Å². The Morgan fingerprint density at radius 1 is 1.36 bits per heavy atom. The number of carbonyl (C=O) groups excluding carboxylic acids is 2. The minimum absolute atomic E-state index is 0.0143. The molecule has 0 unspecified atom stereocenters. The van der Waals surface area contributed by atoms with Crippen LogP contribution in [0.3, 0.4) is 0 Å². The minimum Gasteiger partial charge on any atom is -0.463 e. The van der Waals surface area contributed by atoms with Gasteiger partial charge in [-0.25, -0.2) is 0 Å². The molecule has 0 saturated heterocycles. The van der Waals surface area contributed by atoms with Crippen LogP contribution in [0, 0.1) is 0 Å². The molecule has 0 heterocycles. The summed E-state index contributed by atoms with van der Waals surface area (Å²) >= 11 is 3.47. The van der Waals surface area contributed by atoms with Gasteiger partial charge in [0.25, 0.3) is 0 Å². The van der Waals surface area contributed by atoms with E-state index in [2.05, 4.69) is 17.4 Å². The molecule has 4 nitrogen and oxygen atoms in total. The topological polar surface area (TPSA) is 63.6 Å². The molecular formula is C6H10O4S. The molecule has 0 bridgehead atoms. The van der Waals surface area contributed by atoms with E-state index in [4.69, 9.17) is 5.11 Å². The van der Waals surface area contributed by atoms with Gasteiger partial charge in [0, 0.05) is 6.42 Å². The number of aliphatic hydroxyl groups is 1. The minimum atomic E-state index is -0.485. The summed E-state index contributed by atoms with van der Waals surface area (Å²) < 4.78 is 4.47. The molecule has 0 aromatic rings. The van der Waals surface area contributed by atoms with Gasteiger partial charge in [-0.05, 0) is 0 Å². The van der Waals surface area contributed by atoms with Crippen LogP contribution in [0.5, 0.6) is 0 Å². The number of ether oxygens (including phenoxy) is 1.